The van der Waals surface area contributed by atoms with Crippen molar-refractivity contribution < 1.29 is 19.1 Å². The van der Waals surface area contributed by atoms with Crippen LogP contribution in [-0.4, -0.2) is 24.1 Å². The average Bonchev–Trinajstić information content (AvgIpc) is 3.13. The van der Waals surface area contributed by atoms with Gasteiger partial charge in [-0.05, 0) is 104 Å². The summed E-state index contributed by atoms with van der Waals surface area (Å²) in [5, 5.41) is 0. The van der Waals surface area contributed by atoms with Crippen molar-refractivity contribution in [3.05, 3.63) is 11.6 Å². The molecule has 0 aromatic heterocycles. The summed E-state index contributed by atoms with van der Waals surface area (Å²) in [5.41, 5.74) is 2.30. The highest BCUT2D eigenvalue weighted by molar-refractivity contribution is 5.66. The Morgan fingerprint density at radius 2 is 1.71 bits per heavy atom. The number of fused-ring (bicyclic) bond motifs is 5. The van der Waals surface area contributed by atoms with Crippen molar-refractivity contribution >= 4 is 11.9 Å². The van der Waals surface area contributed by atoms with Crippen LogP contribution in [0.5, 0.6) is 0 Å². The van der Waals surface area contributed by atoms with Crippen LogP contribution in [0.1, 0.15) is 113 Å². The smallest absolute Gasteiger partial charge is 0.302 e. The van der Waals surface area contributed by atoms with Crippen LogP contribution in [0, 0.1) is 46.3 Å². The zero-order chi connectivity index (χ0) is 25.5. The molecule has 0 aromatic rings. The van der Waals surface area contributed by atoms with Gasteiger partial charge >= 0.3 is 11.9 Å². The lowest BCUT2D eigenvalue weighted by atomic mass is 9.47. The van der Waals surface area contributed by atoms with Crippen molar-refractivity contribution in [1.82, 2.24) is 0 Å². The van der Waals surface area contributed by atoms with Crippen LogP contribution in [0.2, 0.25) is 0 Å². The fraction of sp³-hybridized carbons (Fsp3) is 0.871. The molecule has 0 spiro atoms. The van der Waals surface area contributed by atoms with Crippen molar-refractivity contribution in [2.24, 2.45) is 46.3 Å². The second-order valence-corrected chi connectivity index (χ2v) is 13.4. The third kappa shape index (κ3) is 5.10. The zero-order valence-electron chi connectivity index (χ0n) is 23.4. The van der Waals surface area contributed by atoms with Gasteiger partial charge in [0.25, 0.3) is 0 Å². The number of rotatable bonds is 7. The molecule has 3 saturated carbocycles. The largest absolute Gasteiger partial charge is 0.462 e. The number of carbonyl (C=O) groups is 2. The molecule has 3 fully saturated rings. The Hall–Kier alpha value is -1.32. The van der Waals surface area contributed by atoms with E-state index in [4.69, 9.17) is 9.47 Å². The summed E-state index contributed by atoms with van der Waals surface area (Å²) in [6, 6.07) is 0. The molecule has 4 nitrogen and oxygen atoms in total. The molecule has 9 unspecified atom stereocenters. The van der Waals surface area contributed by atoms with Crippen LogP contribution >= 0.6 is 0 Å². The minimum absolute atomic E-state index is 0.0413. The van der Waals surface area contributed by atoms with E-state index in [1.165, 1.54) is 46.0 Å². The van der Waals surface area contributed by atoms with E-state index in [0.717, 1.165) is 55.8 Å². The van der Waals surface area contributed by atoms with Crippen LogP contribution < -0.4 is 0 Å². The maximum atomic E-state index is 11.6. The molecule has 0 saturated heterocycles. The number of hydrogen-bond donors (Lipinski definition) is 0. The Kier molecular flexibility index (Phi) is 7.80. The highest BCUT2D eigenvalue weighted by Crippen LogP contribution is 2.67. The Balaban J connectivity index is 1.44. The average molecular weight is 487 g/mol. The first-order valence-corrected chi connectivity index (χ1v) is 14.5. The minimum Gasteiger partial charge on any atom is -0.462 e. The lowest BCUT2D eigenvalue weighted by Crippen LogP contribution is -2.51. The van der Waals surface area contributed by atoms with Crippen molar-refractivity contribution in [1.29, 1.82) is 0 Å². The highest BCUT2D eigenvalue weighted by atomic mass is 16.5. The number of allylic oxidation sites excluding steroid dienone is 1. The normalized spacial score (nSPS) is 40.1. The van der Waals surface area contributed by atoms with Crippen molar-refractivity contribution in [2.75, 3.05) is 0 Å². The summed E-state index contributed by atoms with van der Waals surface area (Å²) in [7, 11) is 0. The topological polar surface area (TPSA) is 52.6 Å². The molecule has 4 heteroatoms. The summed E-state index contributed by atoms with van der Waals surface area (Å²) in [4.78, 5) is 23.1. The van der Waals surface area contributed by atoms with Gasteiger partial charge in [0.15, 0.2) is 0 Å². The van der Waals surface area contributed by atoms with Crippen LogP contribution in [0.15, 0.2) is 11.6 Å². The third-order valence-corrected chi connectivity index (χ3v) is 11.1. The van der Waals surface area contributed by atoms with E-state index in [2.05, 4.69) is 40.7 Å². The van der Waals surface area contributed by atoms with Crippen molar-refractivity contribution in [2.45, 2.75) is 125 Å². The van der Waals surface area contributed by atoms with Gasteiger partial charge in [0.2, 0.25) is 0 Å². The summed E-state index contributed by atoms with van der Waals surface area (Å²) < 4.78 is 11.3. The van der Waals surface area contributed by atoms with Gasteiger partial charge in [0.05, 0.1) is 0 Å². The maximum Gasteiger partial charge on any atom is 0.302 e. The van der Waals surface area contributed by atoms with E-state index in [0.29, 0.717) is 22.7 Å². The molecule has 0 N–H and O–H groups in total. The summed E-state index contributed by atoms with van der Waals surface area (Å²) in [6.45, 7) is 15.0. The number of hydrogen-bond acceptors (Lipinski definition) is 4. The van der Waals surface area contributed by atoms with E-state index in [1.54, 1.807) is 5.57 Å². The molecule has 9 atom stereocenters. The van der Waals surface area contributed by atoms with E-state index in [9.17, 15) is 9.59 Å². The SMILES string of the molecule is CC(=O)OC1CCC2(C)C(=CCC3C2CCC2(C)C(C(C)CCC(OC(C)=O)C(C)C)CCC32)C1. The molecule has 35 heavy (non-hydrogen) atoms. The zero-order valence-corrected chi connectivity index (χ0v) is 23.4. The van der Waals surface area contributed by atoms with E-state index < -0.39 is 0 Å². The predicted octanol–water partition coefficient (Wildman–Crippen LogP) is 7.50. The van der Waals surface area contributed by atoms with Crippen LogP contribution in [0.4, 0.5) is 0 Å². The summed E-state index contributed by atoms with van der Waals surface area (Å²) in [5.74, 6) is 3.93. The summed E-state index contributed by atoms with van der Waals surface area (Å²) in [6.07, 6.45) is 14.6. The molecule has 4 aliphatic rings. The standard InChI is InChI=1S/C31H50O4/c1-19(2)29(35-22(5)33)13-8-20(3)26-11-12-27-25-10-9-23-18-24(34-21(4)32)14-16-30(23,6)28(25)15-17-31(26,27)7/h9,19-20,24-29H,8,10-18H2,1-7H3. The predicted molar refractivity (Wildman–Crippen MR) is 140 cm³/mol. The molecule has 4 rings (SSSR count). The molecule has 198 valence electrons. The van der Waals surface area contributed by atoms with Gasteiger partial charge in [-0.1, -0.05) is 46.3 Å². The Labute approximate surface area is 214 Å². The van der Waals surface area contributed by atoms with Gasteiger partial charge in [-0.15, -0.1) is 0 Å². The molecule has 0 aromatic carbocycles. The second kappa shape index (κ2) is 10.2. The molecule has 0 heterocycles. The molecular formula is C31H50O4. The number of ether oxygens (including phenoxy) is 2. The number of esters is 2. The van der Waals surface area contributed by atoms with Crippen molar-refractivity contribution in [3.63, 3.8) is 0 Å². The first-order valence-electron chi connectivity index (χ1n) is 14.5. The Morgan fingerprint density at radius 1 is 0.971 bits per heavy atom. The molecule has 0 amide bonds. The van der Waals surface area contributed by atoms with Gasteiger partial charge in [-0.3, -0.25) is 9.59 Å². The van der Waals surface area contributed by atoms with Crippen LogP contribution in [0.25, 0.3) is 0 Å². The van der Waals surface area contributed by atoms with Gasteiger partial charge in [0.1, 0.15) is 12.2 Å². The maximum absolute atomic E-state index is 11.6. The van der Waals surface area contributed by atoms with E-state index in [-0.39, 0.29) is 24.1 Å². The first-order chi connectivity index (χ1) is 16.5. The molecule has 0 radical (unpaired) electrons. The van der Waals surface area contributed by atoms with Gasteiger partial charge in [-0.2, -0.15) is 0 Å². The highest BCUT2D eigenvalue weighted by Gasteiger charge is 2.59. The van der Waals surface area contributed by atoms with Gasteiger partial charge in [0, 0.05) is 20.3 Å². The monoisotopic (exact) mass is 486 g/mol. The van der Waals surface area contributed by atoms with Crippen molar-refractivity contribution in [3.8, 4) is 0 Å². The fourth-order valence-electron chi connectivity index (χ4n) is 9.31. The quantitative estimate of drug-likeness (QED) is 0.276. The van der Waals surface area contributed by atoms with Crippen LogP contribution in [0.3, 0.4) is 0 Å². The Bertz CT molecular complexity index is 830. The Morgan fingerprint density at radius 3 is 2.37 bits per heavy atom. The van der Waals surface area contributed by atoms with Crippen LogP contribution in [-0.2, 0) is 19.1 Å². The molecule has 0 aliphatic heterocycles. The van der Waals surface area contributed by atoms with Gasteiger partial charge in [-0.25, -0.2) is 0 Å². The fourth-order valence-corrected chi connectivity index (χ4v) is 9.31. The molecule has 4 aliphatic carbocycles. The van der Waals surface area contributed by atoms with E-state index in [1.807, 2.05) is 0 Å². The lowest BCUT2D eigenvalue weighted by Gasteiger charge is -2.58. The summed E-state index contributed by atoms with van der Waals surface area (Å²) >= 11 is 0. The first kappa shape index (κ1) is 26.7. The molecule has 0 bridgehead atoms. The molecular weight excluding hydrogens is 436 g/mol. The number of carbonyl (C=O) groups excluding carboxylic acids is 2. The van der Waals surface area contributed by atoms with E-state index >= 15 is 0 Å². The third-order valence-electron chi connectivity index (χ3n) is 11.1. The lowest BCUT2D eigenvalue weighted by molar-refractivity contribution is -0.149. The second-order valence-electron chi connectivity index (χ2n) is 13.4. The van der Waals surface area contributed by atoms with Gasteiger partial charge < -0.3 is 9.47 Å². The minimum atomic E-state index is -0.150.